The van der Waals surface area contributed by atoms with E-state index >= 15 is 0 Å². The highest BCUT2D eigenvalue weighted by atomic mass is 127. The fraction of sp³-hybridized carbons (Fsp3) is 0.278. The fourth-order valence-electron chi connectivity index (χ4n) is 2.13. The lowest BCUT2D eigenvalue weighted by Crippen LogP contribution is -2.30. The van der Waals surface area contributed by atoms with Crippen LogP contribution < -0.4 is 20.1 Å². The molecule has 5 nitrogen and oxygen atoms in total. The van der Waals surface area contributed by atoms with Crippen molar-refractivity contribution in [1.29, 1.82) is 0 Å². The second kappa shape index (κ2) is 11.0. The van der Waals surface area contributed by atoms with Crippen LogP contribution in [0.1, 0.15) is 12.5 Å². The summed E-state index contributed by atoms with van der Waals surface area (Å²) in [5.74, 6) is 2.06. The third-order valence-corrected chi connectivity index (χ3v) is 3.58. The van der Waals surface area contributed by atoms with E-state index in [0.717, 1.165) is 16.3 Å². The van der Waals surface area contributed by atoms with Crippen molar-refractivity contribution in [3.63, 3.8) is 0 Å². The lowest BCUT2D eigenvalue weighted by Gasteiger charge is -2.14. The van der Waals surface area contributed by atoms with Crippen LogP contribution in [0.15, 0.2) is 47.5 Å². The SMILES string of the molecule is CCOc1cc(NC(=NC)NCc2ccc(Cl)cc2)ccc1OC.I. The Bertz CT molecular complexity index is 693. The van der Waals surface area contributed by atoms with Crippen molar-refractivity contribution in [2.24, 2.45) is 4.99 Å². The first kappa shape index (κ1) is 21.4. The smallest absolute Gasteiger partial charge is 0.195 e. The van der Waals surface area contributed by atoms with E-state index in [1.165, 1.54) is 0 Å². The van der Waals surface area contributed by atoms with Crippen LogP contribution in [0, 0.1) is 0 Å². The third-order valence-electron chi connectivity index (χ3n) is 3.32. The molecule has 0 aliphatic heterocycles. The molecule has 0 aliphatic rings. The molecule has 136 valence electrons. The largest absolute Gasteiger partial charge is 0.493 e. The Morgan fingerprint density at radius 3 is 2.44 bits per heavy atom. The van der Waals surface area contributed by atoms with E-state index in [4.69, 9.17) is 21.1 Å². The van der Waals surface area contributed by atoms with Crippen molar-refractivity contribution in [1.82, 2.24) is 5.32 Å². The number of benzene rings is 2. The number of hydrogen-bond acceptors (Lipinski definition) is 3. The highest BCUT2D eigenvalue weighted by molar-refractivity contribution is 14.0. The van der Waals surface area contributed by atoms with Gasteiger partial charge in [-0.05, 0) is 36.8 Å². The van der Waals surface area contributed by atoms with Crippen LogP contribution in [-0.4, -0.2) is 26.7 Å². The third kappa shape index (κ3) is 6.62. The molecule has 0 radical (unpaired) electrons. The first-order valence-corrected chi connectivity index (χ1v) is 8.07. The monoisotopic (exact) mass is 475 g/mol. The first-order valence-electron chi connectivity index (χ1n) is 7.69. The van der Waals surface area contributed by atoms with Gasteiger partial charge in [0, 0.05) is 30.4 Å². The number of aliphatic imine (C=N–C) groups is 1. The highest BCUT2D eigenvalue weighted by Gasteiger charge is 2.07. The van der Waals surface area contributed by atoms with Crippen LogP contribution in [-0.2, 0) is 6.54 Å². The quantitative estimate of drug-likeness (QED) is 0.366. The maximum Gasteiger partial charge on any atom is 0.195 e. The van der Waals surface area contributed by atoms with Gasteiger partial charge in [0.25, 0.3) is 0 Å². The summed E-state index contributed by atoms with van der Waals surface area (Å²) in [6.07, 6.45) is 0. The highest BCUT2D eigenvalue weighted by Crippen LogP contribution is 2.30. The molecule has 2 N–H and O–H groups in total. The minimum Gasteiger partial charge on any atom is -0.493 e. The Morgan fingerprint density at radius 2 is 1.84 bits per heavy atom. The van der Waals surface area contributed by atoms with Gasteiger partial charge in [-0.3, -0.25) is 4.99 Å². The zero-order chi connectivity index (χ0) is 17.4. The van der Waals surface area contributed by atoms with E-state index in [1.807, 2.05) is 49.4 Å². The van der Waals surface area contributed by atoms with Gasteiger partial charge in [-0.2, -0.15) is 0 Å². The van der Waals surface area contributed by atoms with Crippen molar-refractivity contribution in [2.75, 3.05) is 26.1 Å². The predicted molar refractivity (Wildman–Crippen MR) is 115 cm³/mol. The number of guanidine groups is 1. The van der Waals surface area contributed by atoms with E-state index < -0.39 is 0 Å². The Hall–Kier alpha value is -1.67. The number of rotatable bonds is 6. The van der Waals surface area contributed by atoms with Crippen LogP contribution in [0.5, 0.6) is 11.5 Å². The van der Waals surface area contributed by atoms with E-state index in [1.54, 1.807) is 14.2 Å². The standard InChI is InChI=1S/C18H22ClN3O2.HI/c1-4-24-17-11-15(9-10-16(17)23-3)22-18(20-2)21-12-13-5-7-14(19)8-6-13;/h5-11H,4,12H2,1-3H3,(H2,20,21,22);1H. The summed E-state index contributed by atoms with van der Waals surface area (Å²) in [6.45, 7) is 3.15. The molecule has 0 spiro atoms. The molecule has 2 aromatic rings. The van der Waals surface area contributed by atoms with E-state index in [2.05, 4.69) is 15.6 Å². The molecule has 2 rings (SSSR count). The fourth-order valence-corrected chi connectivity index (χ4v) is 2.25. The molecule has 0 saturated heterocycles. The summed E-state index contributed by atoms with van der Waals surface area (Å²) in [5.41, 5.74) is 1.98. The van der Waals surface area contributed by atoms with Crippen molar-refractivity contribution >= 4 is 47.2 Å². The molecule has 0 unspecified atom stereocenters. The van der Waals surface area contributed by atoms with E-state index in [0.29, 0.717) is 30.6 Å². The molecule has 0 atom stereocenters. The summed E-state index contributed by atoms with van der Waals surface area (Å²) in [7, 11) is 3.35. The lowest BCUT2D eigenvalue weighted by atomic mass is 10.2. The maximum atomic E-state index is 5.90. The number of ether oxygens (including phenoxy) is 2. The topological polar surface area (TPSA) is 54.9 Å². The Kier molecular flexibility index (Phi) is 9.44. The molecule has 25 heavy (non-hydrogen) atoms. The van der Waals surface area contributed by atoms with Gasteiger partial charge < -0.3 is 20.1 Å². The van der Waals surface area contributed by atoms with Gasteiger partial charge in [0.15, 0.2) is 17.5 Å². The van der Waals surface area contributed by atoms with Gasteiger partial charge in [0.1, 0.15) is 0 Å². The molecule has 0 amide bonds. The van der Waals surface area contributed by atoms with Gasteiger partial charge in [-0.25, -0.2) is 0 Å². The molecule has 0 aromatic heterocycles. The predicted octanol–water partition coefficient (Wildman–Crippen LogP) is 4.55. The molecule has 0 bridgehead atoms. The summed E-state index contributed by atoms with van der Waals surface area (Å²) < 4.78 is 10.9. The minimum atomic E-state index is 0. The lowest BCUT2D eigenvalue weighted by molar-refractivity contribution is 0.311. The molecule has 7 heteroatoms. The van der Waals surface area contributed by atoms with Gasteiger partial charge in [-0.1, -0.05) is 23.7 Å². The first-order chi connectivity index (χ1) is 11.7. The average Bonchev–Trinajstić information content (AvgIpc) is 2.60. The Morgan fingerprint density at radius 1 is 1.12 bits per heavy atom. The van der Waals surface area contributed by atoms with E-state index in [9.17, 15) is 0 Å². The summed E-state index contributed by atoms with van der Waals surface area (Å²) in [6, 6.07) is 13.3. The molecular weight excluding hydrogens is 453 g/mol. The molecular formula is C18H23ClIN3O2. The molecule has 2 aromatic carbocycles. The van der Waals surface area contributed by atoms with Crippen molar-refractivity contribution in [3.8, 4) is 11.5 Å². The normalized spacial score (nSPS) is 10.6. The average molecular weight is 476 g/mol. The van der Waals surface area contributed by atoms with Gasteiger partial charge in [0.2, 0.25) is 0 Å². The van der Waals surface area contributed by atoms with Gasteiger partial charge in [0.05, 0.1) is 13.7 Å². The van der Waals surface area contributed by atoms with Crippen molar-refractivity contribution < 1.29 is 9.47 Å². The molecule has 0 heterocycles. The number of halogens is 2. The number of hydrogen-bond donors (Lipinski definition) is 2. The van der Waals surface area contributed by atoms with Crippen LogP contribution in [0.25, 0.3) is 0 Å². The second-order valence-corrected chi connectivity index (χ2v) is 5.41. The van der Waals surface area contributed by atoms with Crippen molar-refractivity contribution in [2.45, 2.75) is 13.5 Å². The number of nitrogens with one attached hydrogen (secondary N) is 2. The second-order valence-electron chi connectivity index (χ2n) is 4.98. The van der Waals surface area contributed by atoms with E-state index in [-0.39, 0.29) is 24.0 Å². The van der Waals surface area contributed by atoms with Crippen LogP contribution in [0.2, 0.25) is 5.02 Å². The van der Waals surface area contributed by atoms with Gasteiger partial charge >= 0.3 is 0 Å². The van der Waals surface area contributed by atoms with Gasteiger partial charge in [-0.15, -0.1) is 24.0 Å². The maximum absolute atomic E-state index is 5.90. The minimum absolute atomic E-state index is 0. The Balaban J connectivity index is 0.00000312. The van der Waals surface area contributed by atoms with Crippen LogP contribution >= 0.6 is 35.6 Å². The van der Waals surface area contributed by atoms with Crippen molar-refractivity contribution in [3.05, 3.63) is 53.1 Å². The zero-order valence-electron chi connectivity index (χ0n) is 14.5. The van der Waals surface area contributed by atoms with Crippen LogP contribution in [0.3, 0.4) is 0 Å². The number of nitrogens with zero attached hydrogens (tertiary/aromatic N) is 1. The number of anilines is 1. The zero-order valence-corrected chi connectivity index (χ0v) is 17.6. The Labute approximate surface area is 170 Å². The molecule has 0 aliphatic carbocycles. The molecule has 0 saturated carbocycles. The van der Waals surface area contributed by atoms with Crippen LogP contribution in [0.4, 0.5) is 5.69 Å². The summed E-state index contributed by atoms with van der Waals surface area (Å²) >= 11 is 5.90. The summed E-state index contributed by atoms with van der Waals surface area (Å²) in [4.78, 5) is 4.23. The number of methoxy groups -OCH3 is 1. The molecule has 0 fully saturated rings. The summed E-state index contributed by atoms with van der Waals surface area (Å²) in [5, 5.41) is 7.22.